The van der Waals surface area contributed by atoms with Gasteiger partial charge in [-0.1, -0.05) is 6.07 Å². The minimum atomic E-state index is -0.111. The maximum absolute atomic E-state index is 13.3. The normalized spacial score (nSPS) is 14.4. The molecule has 5 rings (SSSR count). The van der Waals surface area contributed by atoms with Gasteiger partial charge in [0.2, 0.25) is 0 Å². The van der Waals surface area contributed by atoms with Gasteiger partial charge in [0.15, 0.2) is 5.65 Å². The summed E-state index contributed by atoms with van der Waals surface area (Å²) in [7, 11) is 2.69. The number of amides is 1. The van der Waals surface area contributed by atoms with Gasteiger partial charge in [0.1, 0.15) is 0 Å². The fourth-order valence-corrected chi connectivity index (χ4v) is 5.10. The summed E-state index contributed by atoms with van der Waals surface area (Å²) in [6.45, 7) is 13.6. The first-order valence-corrected chi connectivity index (χ1v) is 12.9. The monoisotopic (exact) mass is 503 g/mol. The van der Waals surface area contributed by atoms with Gasteiger partial charge in [0.25, 0.3) is 5.91 Å². The van der Waals surface area contributed by atoms with Crippen molar-refractivity contribution in [1.82, 2.24) is 14.0 Å². The van der Waals surface area contributed by atoms with Crippen LogP contribution in [0.4, 0.5) is 11.4 Å². The van der Waals surface area contributed by atoms with Gasteiger partial charge < -0.3 is 23.9 Å². The van der Waals surface area contributed by atoms with Crippen LogP contribution in [-0.2, 0) is 10.3 Å². The van der Waals surface area contributed by atoms with E-state index in [0.29, 0.717) is 18.8 Å². The van der Waals surface area contributed by atoms with Crippen LogP contribution in [0, 0.1) is 13.8 Å². The van der Waals surface area contributed by atoms with E-state index in [1.54, 1.807) is 0 Å². The van der Waals surface area contributed by atoms with Crippen LogP contribution in [0.1, 0.15) is 42.3 Å². The first kappa shape index (κ1) is 24.5. The van der Waals surface area contributed by atoms with Crippen molar-refractivity contribution in [2.24, 2.45) is 0 Å². The van der Waals surface area contributed by atoms with Crippen LogP contribution in [0.3, 0.4) is 0 Å². The Morgan fingerprint density at radius 2 is 1.81 bits per heavy atom. The molecule has 1 amide bonds. The second-order valence-electron chi connectivity index (χ2n) is 10.5. The highest BCUT2D eigenvalue weighted by Gasteiger charge is 2.21. The van der Waals surface area contributed by atoms with Gasteiger partial charge in [-0.25, -0.2) is 4.98 Å². The van der Waals surface area contributed by atoms with E-state index in [0.717, 1.165) is 57.7 Å². The molecule has 0 aliphatic carbocycles. The Hall–Kier alpha value is -3.15. The Bertz CT molecular complexity index is 1440. The number of benzene rings is 1. The molecule has 1 aliphatic rings. The van der Waals surface area contributed by atoms with Crippen molar-refractivity contribution in [1.29, 1.82) is 0 Å². The summed E-state index contributed by atoms with van der Waals surface area (Å²) < 4.78 is 9.72. The standard InChI is InChI=1S/C28H34N5O2P/c1-18-12-19(2)23(30-27(34)22-16-33(17-25(22)36)28(3,4)5)14-21(18)20-13-24(31-8-10-35-11-9-31)26-29-6-7-32(26)15-20/h6-7,12-17H,8-11,36H2,1-5H3,(H,30,34). The number of rotatable bonds is 4. The number of anilines is 2. The average molecular weight is 504 g/mol. The molecule has 1 fully saturated rings. The van der Waals surface area contributed by atoms with Crippen LogP contribution >= 0.6 is 9.24 Å². The number of aromatic nitrogens is 3. The van der Waals surface area contributed by atoms with Crippen LogP contribution in [0.15, 0.2) is 49.2 Å². The van der Waals surface area contributed by atoms with Crippen LogP contribution in [0.25, 0.3) is 16.8 Å². The zero-order valence-corrected chi connectivity index (χ0v) is 22.8. The number of hydrogen-bond acceptors (Lipinski definition) is 4. The van der Waals surface area contributed by atoms with Crippen molar-refractivity contribution in [2.45, 2.75) is 40.2 Å². The van der Waals surface area contributed by atoms with Crippen LogP contribution in [0.5, 0.6) is 0 Å². The first-order chi connectivity index (χ1) is 17.1. The predicted octanol–water partition coefficient (Wildman–Crippen LogP) is 4.76. The molecular formula is C28H34N5O2P. The third-order valence-corrected chi connectivity index (χ3v) is 7.29. The SMILES string of the molecule is Cc1cc(C)c(-c2cc(N3CCOCC3)c3nccn3c2)cc1NC(=O)c1cn(C(C)(C)C)cc1P. The molecule has 7 nitrogen and oxygen atoms in total. The highest BCUT2D eigenvalue weighted by molar-refractivity contribution is 7.27. The summed E-state index contributed by atoms with van der Waals surface area (Å²) in [5, 5.41) is 4.05. The van der Waals surface area contributed by atoms with E-state index in [4.69, 9.17) is 4.74 Å². The Kier molecular flexibility index (Phi) is 6.39. The Labute approximate surface area is 214 Å². The number of aryl methyl sites for hydroxylation is 2. The number of pyridine rings is 1. The molecule has 1 N–H and O–H groups in total. The zero-order chi connectivity index (χ0) is 25.6. The van der Waals surface area contributed by atoms with Crippen LogP contribution < -0.4 is 15.5 Å². The lowest BCUT2D eigenvalue weighted by atomic mass is 9.97. The van der Waals surface area contributed by atoms with E-state index < -0.39 is 0 Å². The number of nitrogens with zero attached hydrogens (tertiary/aromatic N) is 4. The Balaban J connectivity index is 1.52. The molecule has 1 saturated heterocycles. The summed E-state index contributed by atoms with van der Waals surface area (Å²) in [5.41, 5.74) is 7.77. The summed E-state index contributed by atoms with van der Waals surface area (Å²) in [6, 6.07) is 6.44. The number of fused-ring (bicyclic) bond motifs is 1. The highest BCUT2D eigenvalue weighted by Crippen LogP contribution is 2.34. The van der Waals surface area contributed by atoms with Crippen LogP contribution in [0.2, 0.25) is 0 Å². The molecule has 0 spiro atoms. The van der Waals surface area contributed by atoms with Crippen molar-refractivity contribution in [3.63, 3.8) is 0 Å². The van der Waals surface area contributed by atoms with Gasteiger partial charge in [-0.05, 0) is 63.4 Å². The Morgan fingerprint density at radius 1 is 1.06 bits per heavy atom. The fraction of sp³-hybridized carbons (Fsp3) is 0.357. The molecule has 1 aromatic carbocycles. The minimum absolute atomic E-state index is 0.0963. The number of ether oxygens (including phenoxy) is 1. The van der Waals surface area contributed by atoms with Crippen molar-refractivity contribution < 1.29 is 9.53 Å². The number of morpholine rings is 1. The summed E-state index contributed by atoms with van der Waals surface area (Å²) in [5.74, 6) is -0.111. The van der Waals surface area contributed by atoms with E-state index in [9.17, 15) is 4.79 Å². The molecule has 4 heterocycles. The molecular weight excluding hydrogens is 469 g/mol. The van der Waals surface area contributed by atoms with Gasteiger partial charge in [0.05, 0.1) is 24.5 Å². The third kappa shape index (κ3) is 4.65. The second-order valence-corrected chi connectivity index (χ2v) is 11.1. The molecule has 1 unspecified atom stereocenters. The first-order valence-electron chi connectivity index (χ1n) is 12.3. The molecule has 3 aromatic heterocycles. The molecule has 36 heavy (non-hydrogen) atoms. The van der Waals surface area contributed by atoms with Crippen molar-refractivity contribution >= 4 is 37.5 Å². The molecule has 8 heteroatoms. The predicted molar refractivity (Wildman–Crippen MR) is 150 cm³/mol. The average Bonchev–Trinajstić information content (AvgIpc) is 3.47. The lowest BCUT2D eigenvalue weighted by Gasteiger charge is -2.29. The van der Waals surface area contributed by atoms with E-state index in [-0.39, 0.29) is 11.4 Å². The Morgan fingerprint density at radius 3 is 2.50 bits per heavy atom. The quantitative estimate of drug-likeness (QED) is 0.408. The van der Waals surface area contributed by atoms with Crippen molar-refractivity contribution in [2.75, 3.05) is 36.5 Å². The zero-order valence-electron chi connectivity index (χ0n) is 21.6. The van der Waals surface area contributed by atoms with E-state index in [1.807, 2.05) is 31.7 Å². The maximum atomic E-state index is 13.3. The van der Waals surface area contributed by atoms with E-state index >= 15 is 0 Å². The number of carbonyl (C=O) groups excluding carboxylic acids is 1. The molecule has 188 valence electrons. The molecule has 0 radical (unpaired) electrons. The summed E-state index contributed by atoms with van der Waals surface area (Å²) >= 11 is 0. The van der Waals surface area contributed by atoms with Gasteiger partial charge in [0, 0.05) is 66.2 Å². The maximum Gasteiger partial charge on any atom is 0.257 e. The fourth-order valence-electron chi connectivity index (χ4n) is 4.73. The third-order valence-electron chi connectivity index (χ3n) is 6.83. The number of nitrogens with one attached hydrogen (secondary N) is 1. The molecule has 0 bridgehead atoms. The molecule has 1 atom stereocenters. The minimum Gasteiger partial charge on any atom is -0.378 e. The topological polar surface area (TPSA) is 63.8 Å². The van der Waals surface area contributed by atoms with Gasteiger partial charge >= 0.3 is 0 Å². The lowest BCUT2D eigenvalue weighted by molar-refractivity contribution is 0.102. The van der Waals surface area contributed by atoms with Crippen molar-refractivity contribution in [3.05, 3.63) is 65.9 Å². The number of imidazole rings is 1. The van der Waals surface area contributed by atoms with E-state index in [2.05, 4.69) is 85.5 Å². The number of hydrogen-bond donors (Lipinski definition) is 1. The van der Waals surface area contributed by atoms with Gasteiger partial charge in [-0.3, -0.25) is 4.79 Å². The summed E-state index contributed by atoms with van der Waals surface area (Å²) in [4.78, 5) is 20.2. The highest BCUT2D eigenvalue weighted by atomic mass is 31.0. The molecule has 1 aliphatic heterocycles. The molecule has 0 saturated carbocycles. The van der Waals surface area contributed by atoms with E-state index in [1.165, 1.54) is 0 Å². The van der Waals surface area contributed by atoms with Gasteiger partial charge in [-0.15, -0.1) is 9.24 Å². The number of carbonyl (C=O) groups is 1. The largest absolute Gasteiger partial charge is 0.378 e. The molecule has 4 aromatic rings. The van der Waals surface area contributed by atoms with Crippen LogP contribution in [-0.4, -0.2) is 46.2 Å². The van der Waals surface area contributed by atoms with Gasteiger partial charge in [-0.2, -0.15) is 0 Å². The smallest absolute Gasteiger partial charge is 0.257 e. The second kappa shape index (κ2) is 9.38. The summed E-state index contributed by atoms with van der Waals surface area (Å²) in [6.07, 6.45) is 9.85. The lowest BCUT2D eigenvalue weighted by Crippen LogP contribution is -2.36. The van der Waals surface area contributed by atoms with Crippen molar-refractivity contribution in [3.8, 4) is 11.1 Å².